The average molecular weight is 407 g/mol. The molecule has 0 aliphatic rings. The molecule has 0 saturated heterocycles. The van der Waals surface area contributed by atoms with Crippen LogP contribution in [0.3, 0.4) is 0 Å². The highest BCUT2D eigenvalue weighted by molar-refractivity contribution is 7.18. The number of aromatic nitrogens is 4. The van der Waals surface area contributed by atoms with E-state index in [1.54, 1.807) is 0 Å². The Morgan fingerprint density at radius 3 is 2.66 bits per heavy atom. The SMILES string of the molecule is Cc1n[nH]c2ccc(-c3nnc(NCC(N)Cc4ccc(C(C)C)cc4)s3)cc12. The molecule has 29 heavy (non-hydrogen) atoms. The van der Waals surface area contributed by atoms with E-state index in [-0.39, 0.29) is 6.04 Å². The summed E-state index contributed by atoms with van der Waals surface area (Å²) in [5.41, 5.74) is 12.0. The lowest BCUT2D eigenvalue weighted by Crippen LogP contribution is -2.31. The van der Waals surface area contributed by atoms with Crippen LogP contribution < -0.4 is 11.1 Å². The van der Waals surface area contributed by atoms with Crippen molar-refractivity contribution in [2.45, 2.75) is 39.2 Å². The van der Waals surface area contributed by atoms with Gasteiger partial charge in [-0.3, -0.25) is 5.10 Å². The molecule has 0 fully saturated rings. The third kappa shape index (κ3) is 4.46. The first-order valence-corrected chi connectivity index (χ1v) is 10.7. The molecule has 0 saturated carbocycles. The number of rotatable bonds is 7. The van der Waals surface area contributed by atoms with E-state index in [2.05, 4.69) is 69.9 Å². The predicted molar refractivity (Wildman–Crippen MR) is 120 cm³/mol. The van der Waals surface area contributed by atoms with Crippen molar-refractivity contribution < 1.29 is 0 Å². The van der Waals surface area contributed by atoms with Gasteiger partial charge in [0.25, 0.3) is 0 Å². The number of nitrogens with one attached hydrogen (secondary N) is 2. The number of hydrogen-bond donors (Lipinski definition) is 3. The predicted octanol–water partition coefficient (Wildman–Crippen LogP) is 4.50. The van der Waals surface area contributed by atoms with Crippen LogP contribution in [0, 0.1) is 6.92 Å². The topological polar surface area (TPSA) is 92.5 Å². The van der Waals surface area contributed by atoms with Crippen LogP contribution in [0.5, 0.6) is 0 Å². The lowest BCUT2D eigenvalue weighted by Gasteiger charge is -2.13. The summed E-state index contributed by atoms with van der Waals surface area (Å²) in [4.78, 5) is 0. The second kappa shape index (κ2) is 8.31. The van der Waals surface area contributed by atoms with Gasteiger partial charge in [-0.05, 0) is 48.6 Å². The summed E-state index contributed by atoms with van der Waals surface area (Å²) in [7, 11) is 0. The largest absolute Gasteiger partial charge is 0.359 e. The van der Waals surface area contributed by atoms with E-state index in [0.717, 1.165) is 38.7 Å². The maximum atomic E-state index is 6.32. The van der Waals surface area contributed by atoms with E-state index in [0.29, 0.717) is 12.5 Å². The highest BCUT2D eigenvalue weighted by Crippen LogP contribution is 2.29. The molecule has 4 aromatic rings. The van der Waals surface area contributed by atoms with Crippen molar-refractivity contribution in [1.29, 1.82) is 0 Å². The summed E-state index contributed by atoms with van der Waals surface area (Å²) >= 11 is 1.54. The molecule has 0 amide bonds. The lowest BCUT2D eigenvalue weighted by molar-refractivity contribution is 0.698. The summed E-state index contributed by atoms with van der Waals surface area (Å²) in [5.74, 6) is 0.545. The molecular weight excluding hydrogens is 380 g/mol. The van der Waals surface area contributed by atoms with Gasteiger partial charge < -0.3 is 11.1 Å². The Bertz CT molecular complexity index is 1100. The molecule has 0 aliphatic carbocycles. The van der Waals surface area contributed by atoms with Crippen molar-refractivity contribution in [3.05, 3.63) is 59.3 Å². The van der Waals surface area contributed by atoms with E-state index in [4.69, 9.17) is 5.73 Å². The highest BCUT2D eigenvalue weighted by Gasteiger charge is 2.11. The van der Waals surface area contributed by atoms with Crippen molar-refractivity contribution >= 4 is 27.4 Å². The van der Waals surface area contributed by atoms with Crippen LogP contribution in [0.1, 0.15) is 36.6 Å². The van der Waals surface area contributed by atoms with E-state index < -0.39 is 0 Å². The number of hydrogen-bond acceptors (Lipinski definition) is 6. The van der Waals surface area contributed by atoms with Gasteiger partial charge in [-0.2, -0.15) is 5.10 Å². The van der Waals surface area contributed by atoms with Crippen molar-refractivity contribution in [2.24, 2.45) is 5.73 Å². The van der Waals surface area contributed by atoms with Crippen LogP contribution in [-0.2, 0) is 6.42 Å². The number of nitrogens with zero attached hydrogens (tertiary/aromatic N) is 3. The Kier molecular flexibility index (Phi) is 5.60. The normalized spacial score (nSPS) is 12.6. The van der Waals surface area contributed by atoms with Crippen molar-refractivity contribution in [2.75, 3.05) is 11.9 Å². The summed E-state index contributed by atoms with van der Waals surface area (Å²) in [6.07, 6.45) is 0.827. The summed E-state index contributed by atoms with van der Waals surface area (Å²) in [5, 5.41) is 22.0. The molecular formula is C22H26N6S. The Balaban J connectivity index is 1.36. The molecule has 7 heteroatoms. The molecule has 6 nitrogen and oxygen atoms in total. The quantitative estimate of drug-likeness (QED) is 0.420. The van der Waals surface area contributed by atoms with E-state index in [1.165, 1.54) is 22.5 Å². The minimum absolute atomic E-state index is 0.0113. The van der Waals surface area contributed by atoms with Crippen LogP contribution in [0.15, 0.2) is 42.5 Å². The molecule has 1 unspecified atom stereocenters. The summed E-state index contributed by atoms with van der Waals surface area (Å²) < 4.78 is 0. The fourth-order valence-corrected chi connectivity index (χ4v) is 4.07. The Labute approximate surface area is 174 Å². The molecule has 0 spiro atoms. The number of aromatic amines is 1. The zero-order valence-corrected chi connectivity index (χ0v) is 17.8. The van der Waals surface area contributed by atoms with E-state index in [1.807, 2.05) is 19.1 Å². The zero-order chi connectivity index (χ0) is 20.4. The van der Waals surface area contributed by atoms with Crippen LogP contribution in [0.2, 0.25) is 0 Å². The molecule has 0 aliphatic heterocycles. The molecule has 4 rings (SSSR count). The van der Waals surface area contributed by atoms with Crippen LogP contribution in [-0.4, -0.2) is 33.0 Å². The number of nitrogens with two attached hydrogens (primary N) is 1. The number of anilines is 1. The summed E-state index contributed by atoms with van der Waals surface area (Å²) in [6.45, 7) is 7.05. The van der Waals surface area contributed by atoms with Gasteiger partial charge in [0.1, 0.15) is 5.01 Å². The van der Waals surface area contributed by atoms with Gasteiger partial charge >= 0.3 is 0 Å². The van der Waals surface area contributed by atoms with E-state index in [9.17, 15) is 0 Å². The first-order valence-electron chi connectivity index (χ1n) is 9.86. The van der Waals surface area contributed by atoms with Crippen molar-refractivity contribution in [1.82, 2.24) is 20.4 Å². The minimum atomic E-state index is 0.0113. The van der Waals surface area contributed by atoms with Gasteiger partial charge in [-0.25, -0.2) is 0 Å². The van der Waals surface area contributed by atoms with E-state index >= 15 is 0 Å². The molecule has 1 atom stereocenters. The highest BCUT2D eigenvalue weighted by atomic mass is 32.1. The number of H-pyrrole nitrogens is 1. The first kappa shape index (κ1) is 19.5. The monoisotopic (exact) mass is 406 g/mol. The Morgan fingerprint density at radius 1 is 1.10 bits per heavy atom. The summed E-state index contributed by atoms with van der Waals surface area (Å²) in [6, 6.07) is 14.9. The number of aryl methyl sites for hydroxylation is 1. The number of fused-ring (bicyclic) bond motifs is 1. The molecule has 4 N–H and O–H groups in total. The Hall–Kier alpha value is -2.77. The average Bonchev–Trinajstić information content (AvgIpc) is 3.34. The zero-order valence-electron chi connectivity index (χ0n) is 16.9. The van der Waals surface area contributed by atoms with Crippen LogP contribution >= 0.6 is 11.3 Å². The van der Waals surface area contributed by atoms with Crippen molar-refractivity contribution in [3.63, 3.8) is 0 Å². The second-order valence-electron chi connectivity index (χ2n) is 7.72. The number of benzene rings is 2. The molecule has 2 heterocycles. The molecule has 150 valence electrons. The van der Waals surface area contributed by atoms with Gasteiger partial charge in [-0.15, -0.1) is 10.2 Å². The molecule has 2 aromatic carbocycles. The molecule has 0 bridgehead atoms. The fraction of sp³-hybridized carbons (Fsp3) is 0.318. The maximum Gasteiger partial charge on any atom is 0.206 e. The van der Waals surface area contributed by atoms with Crippen LogP contribution in [0.4, 0.5) is 5.13 Å². The third-order valence-electron chi connectivity index (χ3n) is 5.09. The van der Waals surface area contributed by atoms with Crippen LogP contribution in [0.25, 0.3) is 21.5 Å². The first-order chi connectivity index (χ1) is 14.0. The lowest BCUT2D eigenvalue weighted by atomic mass is 9.99. The minimum Gasteiger partial charge on any atom is -0.359 e. The van der Waals surface area contributed by atoms with Gasteiger partial charge in [0.2, 0.25) is 5.13 Å². The standard InChI is InChI=1S/C22H26N6S/c1-13(2)16-6-4-15(5-7-16)10-18(23)12-24-22-28-27-21(29-22)17-8-9-20-19(11-17)14(3)25-26-20/h4-9,11,13,18H,10,12,23H2,1-3H3,(H,24,28)(H,25,26). The van der Waals surface area contributed by atoms with Gasteiger partial charge in [0.05, 0.1) is 11.2 Å². The maximum absolute atomic E-state index is 6.32. The Morgan fingerprint density at radius 2 is 1.90 bits per heavy atom. The molecule has 2 aromatic heterocycles. The van der Waals surface area contributed by atoms with Crippen molar-refractivity contribution in [3.8, 4) is 10.6 Å². The smallest absolute Gasteiger partial charge is 0.206 e. The van der Waals surface area contributed by atoms with Gasteiger partial charge in [0, 0.05) is 23.5 Å². The van der Waals surface area contributed by atoms with Gasteiger partial charge in [-0.1, -0.05) is 49.4 Å². The van der Waals surface area contributed by atoms with Gasteiger partial charge in [0.15, 0.2) is 0 Å². The third-order valence-corrected chi connectivity index (χ3v) is 6.02. The molecule has 0 radical (unpaired) electrons. The second-order valence-corrected chi connectivity index (χ2v) is 8.70. The fourth-order valence-electron chi connectivity index (χ4n) is 3.32.